The molecule has 0 aromatic heterocycles. The predicted octanol–water partition coefficient (Wildman–Crippen LogP) is 4.10. The van der Waals surface area contributed by atoms with Gasteiger partial charge in [-0.15, -0.1) is 0 Å². The molecule has 1 aliphatic heterocycles. The van der Waals surface area contributed by atoms with Crippen LogP contribution < -0.4 is 10.1 Å². The highest BCUT2D eigenvalue weighted by molar-refractivity contribution is 5.97. The van der Waals surface area contributed by atoms with Crippen molar-refractivity contribution in [1.29, 1.82) is 0 Å². The first kappa shape index (κ1) is 19.0. The molecule has 152 valence electrons. The summed E-state index contributed by atoms with van der Waals surface area (Å²) in [5.74, 6) is 1.69. The van der Waals surface area contributed by atoms with Crippen LogP contribution in [0, 0.1) is 0 Å². The van der Waals surface area contributed by atoms with E-state index in [2.05, 4.69) is 34.5 Å². The summed E-state index contributed by atoms with van der Waals surface area (Å²) >= 11 is 0. The van der Waals surface area contributed by atoms with Crippen molar-refractivity contribution in [1.82, 2.24) is 10.2 Å². The number of ether oxygens (including phenoxy) is 1. The first-order chi connectivity index (χ1) is 14.7. The van der Waals surface area contributed by atoms with Crippen LogP contribution in [0.25, 0.3) is 0 Å². The SMILES string of the molecule is O=C(CN1CC(NC2Cc3ccccc3C2)C1)c1ccc(Oc2ccccc2)cc1. The molecule has 0 spiro atoms. The zero-order valence-corrected chi connectivity index (χ0v) is 17.0. The maximum absolute atomic E-state index is 12.6. The number of nitrogens with zero attached hydrogens (tertiary/aromatic N) is 1. The van der Waals surface area contributed by atoms with Gasteiger partial charge in [-0.2, -0.15) is 0 Å². The minimum Gasteiger partial charge on any atom is -0.457 e. The molecule has 1 fully saturated rings. The van der Waals surface area contributed by atoms with Crippen LogP contribution >= 0.6 is 0 Å². The molecule has 0 unspecified atom stereocenters. The van der Waals surface area contributed by atoms with Gasteiger partial charge in [-0.1, -0.05) is 42.5 Å². The molecule has 3 aromatic rings. The number of carbonyl (C=O) groups is 1. The zero-order valence-electron chi connectivity index (χ0n) is 17.0. The molecule has 0 atom stereocenters. The topological polar surface area (TPSA) is 41.6 Å². The van der Waals surface area contributed by atoms with Gasteiger partial charge in [0.15, 0.2) is 5.78 Å². The smallest absolute Gasteiger partial charge is 0.176 e. The van der Waals surface area contributed by atoms with Crippen LogP contribution in [0.1, 0.15) is 21.5 Å². The average molecular weight is 399 g/mol. The van der Waals surface area contributed by atoms with Crippen LogP contribution in [-0.2, 0) is 12.8 Å². The number of rotatable bonds is 7. The van der Waals surface area contributed by atoms with E-state index in [1.807, 2.05) is 54.6 Å². The summed E-state index contributed by atoms with van der Waals surface area (Å²) in [5, 5.41) is 3.77. The highest BCUT2D eigenvalue weighted by Gasteiger charge is 2.31. The molecule has 5 rings (SSSR count). The molecule has 4 heteroatoms. The van der Waals surface area contributed by atoms with Crippen LogP contribution in [0.3, 0.4) is 0 Å². The molecule has 30 heavy (non-hydrogen) atoms. The number of hydrogen-bond donors (Lipinski definition) is 1. The van der Waals surface area contributed by atoms with E-state index < -0.39 is 0 Å². The summed E-state index contributed by atoms with van der Waals surface area (Å²) < 4.78 is 5.80. The third kappa shape index (κ3) is 4.30. The summed E-state index contributed by atoms with van der Waals surface area (Å²) in [6.45, 7) is 2.35. The maximum Gasteiger partial charge on any atom is 0.176 e. The Morgan fingerprint density at radius 1 is 0.800 bits per heavy atom. The summed E-state index contributed by atoms with van der Waals surface area (Å²) in [4.78, 5) is 14.8. The monoisotopic (exact) mass is 398 g/mol. The number of hydrogen-bond acceptors (Lipinski definition) is 4. The number of likely N-dealkylation sites (tertiary alicyclic amines) is 1. The van der Waals surface area contributed by atoms with Crippen molar-refractivity contribution in [2.24, 2.45) is 0 Å². The number of carbonyl (C=O) groups excluding carboxylic acids is 1. The van der Waals surface area contributed by atoms with E-state index in [9.17, 15) is 4.79 Å². The molecule has 0 radical (unpaired) electrons. The lowest BCUT2D eigenvalue weighted by Gasteiger charge is -2.40. The van der Waals surface area contributed by atoms with Gasteiger partial charge >= 0.3 is 0 Å². The van der Waals surface area contributed by atoms with E-state index in [1.54, 1.807) is 0 Å². The lowest BCUT2D eigenvalue weighted by Crippen LogP contribution is -2.61. The van der Waals surface area contributed by atoms with Crippen LogP contribution in [0.4, 0.5) is 0 Å². The fraction of sp³-hybridized carbons (Fsp3) is 0.269. The Hall–Kier alpha value is -2.95. The van der Waals surface area contributed by atoms with Gasteiger partial charge in [0, 0.05) is 30.7 Å². The minimum atomic E-state index is 0.160. The first-order valence-electron chi connectivity index (χ1n) is 10.6. The van der Waals surface area contributed by atoms with Gasteiger partial charge in [0.25, 0.3) is 0 Å². The van der Waals surface area contributed by atoms with Gasteiger partial charge in [-0.3, -0.25) is 9.69 Å². The van der Waals surface area contributed by atoms with Crippen molar-refractivity contribution in [3.8, 4) is 11.5 Å². The molecular formula is C26H26N2O2. The fourth-order valence-corrected chi connectivity index (χ4v) is 4.44. The summed E-state index contributed by atoms with van der Waals surface area (Å²) in [6.07, 6.45) is 2.23. The van der Waals surface area contributed by atoms with Crippen molar-refractivity contribution in [3.63, 3.8) is 0 Å². The Labute approximate surface area is 177 Å². The third-order valence-corrected chi connectivity index (χ3v) is 6.00. The number of para-hydroxylation sites is 1. The van der Waals surface area contributed by atoms with Gasteiger partial charge < -0.3 is 10.1 Å². The Morgan fingerprint density at radius 2 is 1.40 bits per heavy atom. The Balaban J connectivity index is 1.07. The van der Waals surface area contributed by atoms with Crippen LogP contribution in [0.2, 0.25) is 0 Å². The standard InChI is InChI=1S/C26H26N2O2/c29-26(19-10-12-25(13-11-19)30-24-8-2-1-3-9-24)18-28-16-23(17-28)27-22-14-20-6-4-5-7-21(20)15-22/h1-13,22-23,27H,14-18H2. The highest BCUT2D eigenvalue weighted by atomic mass is 16.5. The highest BCUT2D eigenvalue weighted by Crippen LogP contribution is 2.24. The number of Topliss-reactive ketones (excluding diaryl/α,β-unsaturated/α-hetero) is 1. The molecule has 1 saturated heterocycles. The molecule has 1 heterocycles. The largest absolute Gasteiger partial charge is 0.457 e. The lowest BCUT2D eigenvalue weighted by atomic mass is 10.0. The molecular weight excluding hydrogens is 372 g/mol. The molecule has 0 amide bonds. The van der Waals surface area contributed by atoms with E-state index in [0.29, 0.717) is 18.6 Å². The fourth-order valence-electron chi connectivity index (χ4n) is 4.44. The average Bonchev–Trinajstić information content (AvgIpc) is 3.16. The van der Waals surface area contributed by atoms with Crippen molar-refractivity contribution < 1.29 is 9.53 Å². The van der Waals surface area contributed by atoms with Gasteiger partial charge in [0.2, 0.25) is 0 Å². The van der Waals surface area contributed by atoms with Crippen molar-refractivity contribution >= 4 is 5.78 Å². The molecule has 0 bridgehead atoms. The summed E-state index contributed by atoms with van der Waals surface area (Å²) in [7, 11) is 0. The second-order valence-electron chi connectivity index (χ2n) is 8.29. The Kier molecular flexibility index (Phi) is 5.35. The molecule has 1 aliphatic carbocycles. The number of fused-ring (bicyclic) bond motifs is 1. The first-order valence-corrected chi connectivity index (χ1v) is 10.6. The number of nitrogens with one attached hydrogen (secondary N) is 1. The maximum atomic E-state index is 12.6. The third-order valence-electron chi connectivity index (χ3n) is 6.00. The van der Waals surface area contributed by atoms with E-state index in [-0.39, 0.29) is 5.78 Å². The Morgan fingerprint density at radius 3 is 2.07 bits per heavy atom. The van der Waals surface area contributed by atoms with Gasteiger partial charge in [-0.05, 0) is 60.4 Å². The van der Waals surface area contributed by atoms with Crippen LogP contribution in [-0.4, -0.2) is 42.4 Å². The van der Waals surface area contributed by atoms with Crippen molar-refractivity contribution in [2.45, 2.75) is 24.9 Å². The second kappa shape index (κ2) is 8.42. The van der Waals surface area contributed by atoms with E-state index in [1.165, 1.54) is 11.1 Å². The molecule has 3 aromatic carbocycles. The molecule has 2 aliphatic rings. The van der Waals surface area contributed by atoms with Crippen LogP contribution in [0.5, 0.6) is 11.5 Å². The van der Waals surface area contributed by atoms with E-state index in [0.717, 1.165) is 43.0 Å². The quantitative estimate of drug-likeness (QED) is 0.609. The van der Waals surface area contributed by atoms with Crippen molar-refractivity contribution in [2.75, 3.05) is 19.6 Å². The molecule has 1 N–H and O–H groups in total. The Bertz CT molecular complexity index is 986. The lowest BCUT2D eigenvalue weighted by molar-refractivity contribution is 0.0788. The second-order valence-corrected chi connectivity index (χ2v) is 8.29. The normalized spacial score (nSPS) is 16.8. The van der Waals surface area contributed by atoms with Gasteiger partial charge in [-0.25, -0.2) is 0 Å². The molecule has 0 saturated carbocycles. The van der Waals surface area contributed by atoms with Crippen molar-refractivity contribution in [3.05, 3.63) is 95.6 Å². The minimum absolute atomic E-state index is 0.160. The number of benzene rings is 3. The van der Waals surface area contributed by atoms with Gasteiger partial charge in [0.05, 0.1) is 6.54 Å². The van der Waals surface area contributed by atoms with Gasteiger partial charge in [0.1, 0.15) is 11.5 Å². The zero-order chi connectivity index (χ0) is 20.3. The predicted molar refractivity (Wildman–Crippen MR) is 118 cm³/mol. The summed E-state index contributed by atoms with van der Waals surface area (Å²) in [6, 6.07) is 26.8. The van der Waals surface area contributed by atoms with Crippen LogP contribution in [0.15, 0.2) is 78.9 Å². The van der Waals surface area contributed by atoms with E-state index >= 15 is 0 Å². The van der Waals surface area contributed by atoms with E-state index in [4.69, 9.17) is 4.74 Å². The summed E-state index contributed by atoms with van der Waals surface area (Å²) in [5.41, 5.74) is 3.68. The number of ketones is 1. The molecule has 4 nitrogen and oxygen atoms in total.